The quantitative estimate of drug-likeness (QED) is 0.340. The van der Waals surface area contributed by atoms with Crippen LogP contribution in [0.15, 0.2) is 102 Å². The number of hydrogen-bond acceptors (Lipinski definition) is 4. The molecule has 1 fully saturated rings. The van der Waals surface area contributed by atoms with E-state index in [9.17, 15) is 9.59 Å². The number of aromatic nitrogens is 2. The zero-order valence-corrected chi connectivity index (χ0v) is 21.9. The van der Waals surface area contributed by atoms with E-state index in [1.165, 1.54) is 21.4 Å². The Morgan fingerprint density at radius 3 is 2.00 bits per heavy atom. The first kappa shape index (κ1) is 25.6. The molecular formula is C32H34N4O2. The van der Waals surface area contributed by atoms with Crippen LogP contribution in [-0.2, 0) is 11.3 Å². The normalized spacial score (nSPS) is 14.1. The van der Waals surface area contributed by atoms with Crippen LogP contribution in [0.1, 0.15) is 35.6 Å². The van der Waals surface area contributed by atoms with E-state index in [1.807, 2.05) is 48.2 Å². The molecule has 3 aromatic carbocycles. The number of rotatable bonds is 8. The number of piperazine rings is 1. The van der Waals surface area contributed by atoms with E-state index in [-0.39, 0.29) is 17.5 Å². The molecule has 194 valence electrons. The summed E-state index contributed by atoms with van der Waals surface area (Å²) in [6.07, 6.45) is 0.990. The minimum absolute atomic E-state index is 0.142. The highest BCUT2D eigenvalue weighted by molar-refractivity contribution is 5.76. The highest BCUT2D eigenvalue weighted by Gasteiger charge is 2.27. The van der Waals surface area contributed by atoms with Crippen molar-refractivity contribution in [1.82, 2.24) is 19.6 Å². The van der Waals surface area contributed by atoms with Crippen molar-refractivity contribution in [3.63, 3.8) is 0 Å². The first-order valence-electron chi connectivity index (χ1n) is 13.4. The lowest BCUT2D eigenvalue weighted by atomic mass is 9.96. The van der Waals surface area contributed by atoms with Crippen molar-refractivity contribution in [3.05, 3.63) is 124 Å². The summed E-state index contributed by atoms with van der Waals surface area (Å²) in [5.74, 6) is 0.142. The fourth-order valence-corrected chi connectivity index (χ4v) is 5.14. The van der Waals surface area contributed by atoms with E-state index in [0.717, 1.165) is 24.3 Å². The summed E-state index contributed by atoms with van der Waals surface area (Å²) < 4.78 is 1.48. The number of hydrogen-bond donors (Lipinski definition) is 0. The second-order valence-electron chi connectivity index (χ2n) is 9.89. The van der Waals surface area contributed by atoms with Gasteiger partial charge in [0, 0.05) is 50.8 Å². The van der Waals surface area contributed by atoms with Crippen LogP contribution in [0.5, 0.6) is 0 Å². The van der Waals surface area contributed by atoms with Crippen LogP contribution >= 0.6 is 0 Å². The summed E-state index contributed by atoms with van der Waals surface area (Å²) in [6.45, 7) is 5.51. The summed E-state index contributed by atoms with van der Waals surface area (Å²) in [6, 6.07) is 32.7. The number of carbonyl (C=O) groups is 1. The highest BCUT2D eigenvalue weighted by atomic mass is 16.2. The van der Waals surface area contributed by atoms with Gasteiger partial charge in [-0.2, -0.15) is 5.10 Å². The Bertz CT molecular complexity index is 1350. The second kappa shape index (κ2) is 12.0. The molecule has 1 aliphatic heterocycles. The van der Waals surface area contributed by atoms with Crippen molar-refractivity contribution < 1.29 is 4.79 Å². The van der Waals surface area contributed by atoms with Crippen LogP contribution in [0, 0.1) is 6.92 Å². The standard InChI is InChI=1S/C32H34N4O2/c1-25-14-16-26(17-15-25)29-18-19-31(38)36(33-29)20-8-13-30(37)34-21-23-35(24-22-34)32(27-9-4-2-5-10-27)28-11-6-3-7-12-28/h2-7,9-12,14-19,32H,8,13,20-24H2,1H3. The van der Waals surface area contributed by atoms with Gasteiger partial charge in [0.2, 0.25) is 5.91 Å². The molecule has 0 unspecified atom stereocenters. The van der Waals surface area contributed by atoms with Crippen LogP contribution in [0.3, 0.4) is 0 Å². The van der Waals surface area contributed by atoms with E-state index >= 15 is 0 Å². The van der Waals surface area contributed by atoms with Crippen LogP contribution < -0.4 is 5.56 Å². The molecule has 1 amide bonds. The lowest BCUT2D eigenvalue weighted by Gasteiger charge is -2.40. The van der Waals surface area contributed by atoms with Crippen molar-refractivity contribution in [3.8, 4) is 11.3 Å². The first-order chi connectivity index (χ1) is 18.6. The Balaban J connectivity index is 1.17. The van der Waals surface area contributed by atoms with Gasteiger partial charge in [-0.15, -0.1) is 0 Å². The number of nitrogens with zero attached hydrogens (tertiary/aromatic N) is 4. The summed E-state index contributed by atoms with van der Waals surface area (Å²) >= 11 is 0. The molecule has 0 N–H and O–H groups in total. The maximum absolute atomic E-state index is 13.0. The molecule has 1 saturated heterocycles. The SMILES string of the molecule is Cc1ccc(-c2ccc(=O)n(CCCC(=O)N3CCN(C(c4ccccc4)c4ccccc4)CC3)n2)cc1. The zero-order chi connectivity index (χ0) is 26.3. The fourth-order valence-electron chi connectivity index (χ4n) is 5.14. The molecule has 0 atom stereocenters. The average molecular weight is 507 g/mol. The monoisotopic (exact) mass is 506 g/mol. The largest absolute Gasteiger partial charge is 0.340 e. The third-order valence-corrected chi connectivity index (χ3v) is 7.24. The van der Waals surface area contributed by atoms with Gasteiger partial charge in [-0.05, 0) is 30.5 Å². The molecule has 2 heterocycles. The summed E-state index contributed by atoms with van der Waals surface area (Å²) in [5.41, 5.74) is 5.31. The molecule has 0 aliphatic carbocycles. The van der Waals surface area contributed by atoms with Gasteiger partial charge in [0.05, 0.1) is 11.7 Å². The maximum Gasteiger partial charge on any atom is 0.266 e. The predicted octanol–water partition coefficient (Wildman–Crippen LogP) is 4.93. The van der Waals surface area contributed by atoms with Gasteiger partial charge in [0.25, 0.3) is 5.56 Å². The minimum Gasteiger partial charge on any atom is -0.340 e. The summed E-state index contributed by atoms with van der Waals surface area (Å²) in [5, 5.41) is 4.54. The Morgan fingerprint density at radius 1 is 0.789 bits per heavy atom. The number of benzene rings is 3. The van der Waals surface area contributed by atoms with Gasteiger partial charge in [0.15, 0.2) is 0 Å². The van der Waals surface area contributed by atoms with E-state index in [0.29, 0.717) is 32.5 Å². The van der Waals surface area contributed by atoms with E-state index < -0.39 is 0 Å². The molecular weight excluding hydrogens is 472 g/mol. The molecule has 6 heteroatoms. The van der Waals surface area contributed by atoms with Gasteiger partial charge in [-0.25, -0.2) is 4.68 Å². The van der Waals surface area contributed by atoms with Gasteiger partial charge in [-0.1, -0.05) is 90.5 Å². The highest BCUT2D eigenvalue weighted by Crippen LogP contribution is 2.29. The molecule has 0 radical (unpaired) electrons. The van der Waals surface area contributed by atoms with Crippen LogP contribution in [0.4, 0.5) is 0 Å². The Kier molecular flexibility index (Phi) is 8.09. The average Bonchev–Trinajstić information content (AvgIpc) is 2.96. The molecule has 6 nitrogen and oxygen atoms in total. The fraction of sp³-hybridized carbons (Fsp3) is 0.281. The van der Waals surface area contributed by atoms with Gasteiger partial charge in [0.1, 0.15) is 0 Å². The Hall–Kier alpha value is -4.03. The van der Waals surface area contributed by atoms with Crippen molar-refractivity contribution in [2.75, 3.05) is 26.2 Å². The molecule has 1 aliphatic rings. The molecule has 0 saturated carbocycles. The summed E-state index contributed by atoms with van der Waals surface area (Å²) in [4.78, 5) is 29.8. The third-order valence-electron chi connectivity index (χ3n) is 7.24. The van der Waals surface area contributed by atoms with E-state index in [2.05, 4.69) is 58.5 Å². The molecule has 1 aromatic heterocycles. The molecule has 0 bridgehead atoms. The van der Waals surface area contributed by atoms with Crippen LogP contribution in [0.2, 0.25) is 0 Å². The molecule has 38 heavy (non-hydrogen) atoms. The van der Waals surface area contributed by atoms with Crippen molar-refractivity contribution in [2.24, 2.45) is 0 Å². The lowest BCUT2D eigenvalue weighted by molar-refractivity contribution is -0.133. The first-order valence-corrected chi connectivity index (χ1v) is 13.4. The number of carbonyl (C=O) groups excluding carboxylic acids is 1. The van der Waals surface area contributed by atoms with Crippen LogP contribution in [0.25, 0.3) is 11.3 Å². The third kappa shape index (κ3) is 6.09. The predicted molar refractivity (Wildman–Crippen MR) is 151 cm³/mol. The van der Waals surface area contributed by atoms with Crippen LogP contribution in [-0.4, -0.2) is 51.7 Å². The lowest BCUT2D eigenvalue weighted by Crippen LogP contribution is -2.49. The van der Waals surface area contributed by atoms with Gasteiger partial charge in [-0.3, -0.25) is 14.5 Å². The summed E-state index contributed by atoms with van der Waals surface area (Å²) in [7, 11) is 0. The van der Waals surface area contributed by atoms with E-state index in [1.54, 1.807) is 12.1 Å². The maximum atomic E-state index is 13.0. The minimum atomic E-state index is -0.144. The topological polar surface area (TPSA) is 58.4 Å². The smallest absolute Gasteiger partial charge is 0.266 e. The van der Waals surface area contributed by atoms with Gasteiger partial charge >= 0.3 is 0 Å². The molecule has 4 aromatic rings. The number of aryl methyl sites for hydroxylation is 2. The number of amides is 1. The Labute approximate surface area is 224 Å². The van der Waals surface area contributed by atoms with Crippen molar-refractivity contribution in [2.45, 2.75) is 32.4 Å². The van der Waals surface area contributed by atoms with Crippen molar-refractivity contribution in [1.29, 1.82) is 0 Å². The zero-order valence-electron chi connectivity index (χ0n) is 21.9. The molecule has 0 spiro atoms. The van der Waals surface area contributed by atoms with Gasteiger partial charge < -0.3 is 4.90 Å². The van der Waals surface area contributed by atoms with E-state index in [4.69, 9.17) is 0 Å². The molecule has 5 rings (SSSR count). The van der Waals surface area contributed by atoms with Crippen molar-refractivity contribution >= 4 is 5.91 Å². The Morgan fingerprint density at radius 2 is 1.39 bits per heavy atom. The second-order valence-corrected chi connectivity index (χ2v) is 9.89.